The highest BCUT2D eigenvalue weighted by Gasteiger charge is 2.32. The monoisotopic (exact) mass is 341 g/mol. The lowest BCUT2D eigenvalue weighted by molar-refractivity contribution is -0.114. The molecule has 0 aromatic heterocycles. The van der Waals surface area contributed by atoms with E-state index < -0.39 is 0 Å². The zero-order valence-electron chi connectivity index (χ0n) is 11.7. The van der Waals surface area contributed by atoms with Crippen LogP contribution < -0.4 is 10.1 Å². The van der Waals surface area contributed by atoms with Gasteiger partial charge in [0.2, 0.25) is 5.91 Å². The Balaban J connectivity index is 1.97. The van der Waals surface area contributed by atoms with Crippen LogP contribution in [0.2, 0.25) is 0 Å². The Morgan fingerprint density at radius 3 is 2.85 bits per heavy atom. The Bertz CT molecular complexity index is 458. The van der Waals surface area contributed by atoms with Crippen LogP contribution in [0.25, 0.3) is 0 Å². The minimum atomic E-state index is -0.0801. The summed E-state index contributed by atoms with van der Waals surface area (Å²) in [5, 5.41) is 3.67. The number of nitrogens with one attached hydrogen (secondary N) is 1. The first-order valence-corrected chi connectivity index (χ1v) is 7.90. The highest BCUT2D eigenvalue weighted by Crippen LogP contribution is 2.33. The first-order chi connectivity index (χ1) is 9.63. The first kappa shape index (κ1) is 15.3. The van der Waals surface area contributed by atoms with E-state index in [0.717, 1.165) is 42.8 Å². The molecule has 1 N–H and O–H groups in total. The fraction of sp³-hybridized carbons (Fsp3) is 0.533. The van der Waals surface area contributed by atoms with Crippen molar-refractivity contribution in [1.29, 1.82) is 0 Å². The second-order valence-corrected chi connectivity index (χ2v) is 5.80. The van der Waals surface area contributed by atoms with Crippen molar-refractivity contribution in [3.05, 3.63) is 24.3 Å². The number of carbonyl (C=O) groups is 1. The summed E-state index contributed by atoms with van der Waals surface area (Å²) >= 11 is 3.60. The molecule has 1 aliphatic heterocycles. The van der Waals surface area contributed by atoms with Crippen LogP contribution in [0.3, 0.4) is 0 Å². The molecule has 0 saturated carbocycles. The van der Waals surface area contributed by atoms with Gasteiger partial charge < -0.3 is 14.8 Å². The maximum atomic E-state index is 11.1. The Morgan fingerprint density at radius 2 is 2.20 bits per heavy atom. The lowest BCUT2D eigenvalue weighted by atomic mass is 9.83. The molecular formula is C15H20BrNO3. The number of hydrogen-bond donors (Lipinski definition) is 1. The van der Waals surface area contributed by atoms with Crippen LogP contribution in [-0.4, -0.2) is 31.1 Å². The van der Waals surface area contributed by atoms with Crippen LogP contribution in [0.5, 0.6) is 5.75 Å². The first-order valence-electron chi connectivity index (χ1n) is 6.78. The quantitative estimate of drug-likeness (QED) is 0.836. The molecule has 1 fully saturated rings. The van der Waals surface area contributed by atoms with Crippen LogP contribution in [-0.2, 0) is 9.53 Å². The molecular weight excluding hydrogens is 322 g/mol. The summed E-state index contributed by atoms with van der Waals surface area (Å²) in [5.74, 6) is 0.701. The van der Waals surface area contributed by atoms with Crippen molar-refractivity contribution in [3.8, 4) is 5.75 Å². The minimum absolute atomic E-state index is 0.0801. The van der Waals surface area contributed by atoms with Crippen molar-refractivity contribution in [2.75, 3.05) is 30.5 Å². The second kappa shape index (κ2) is 7.09. The third-order valence-electron chi connectivity index (χ3n) is 3.54. The number of amides is 1. The fourth-order valence-corrected chi connectivity index (χ4v) is 2.95. The third-order valence-corrected chi connectivity index (χ3v) is 4.73. The Morgan fingerprint density at radius 1 is 1.45 bits per heavy atom. The molecule has 0 unspecified atom stereocenters. The number of ether oxygens (including phenoxy) is 2. The largest absolute Gasteiger partial charge is 0.493 e. The SMILES string of the molecule is CC(=O)Nc1cccc(OCC2(CBr)CCOCC2)c1. The van der Waals surface area contributed by atoms with Crippen LogP contribution in [0, 0.1) is 5.41 Å². The molecule has 1 aromatic carbocycles. The molecule has 1 aliphatic rings. The number of carbonyl (C=O) groups excluding carboxylic acids is 1. The van der Waals surface area contributed by atoms with Gasteiger partial charge in [-0.15, -0.1) is 0 Å². The molecule has 1 amide bonds. The van der Waals surface area contributed by atoms with Gasteiger partial charge in [-0.3, -0.25) is 4.79 Å². The summed E-state index contributed by atoms with van der Waals surface area (Å²) in [6.45, 7) is 3.74. The van der Waals surface area contributed by atoms with Crippen LogP contribution >= 0.6 is 15.9 Å². The molecule has 110 valence electrons. The van der Waals surface area contributed by atoms with E-state index in [1.165, 1.54) is 6.92 Å². The summed E-state index contributed by atoms with van der Waals surface area (Å²) in [6, 6.07) is 7.49. The van der Waals surface area contributed by atoms with Crippen LogP contribution in [0.15, 0.2) is 24.3 Å². The highest BCUT2D eigenvalue weighted by atomic mass is 79.9. The van der Waals surface area contributed by atoms with E-state index in [4.69, 9.17) is 9.47 Å². The Labute approximate surface area is 128 Å². The van der Waals surface area contributed by atoms with Crippen LogP contribution in [0.4, 0.5) is 5.69 Å². The van der Waals surface area contributed by atoms with E-state index in [2.05, 4.69) is 21.2 Å². The predicted molar refractivity (Wildman–Crippen MR) is 82.5 cm³/mol. The predicted octanol–water partition coefficient (Wildman–Crippen LogP) is 3.22. The number of hydrogen-bond acceptors (Lipinski definition) is 3. The molecule has 1 heterocycles. The molecule has 2 rings (SSSR count). The van der Waals surface area contributed by atoms with Gasteiger partial charge in [-0.1, -0.05) is 22.0 Å². The summed E-state index contributed by atoms with van der Waals surface area (Å²) < 4.78 is 11.3. The normalized spacial score (nSPS) is 17.5. The highest BCUT2D eigenvalue weighted by molar-refractivity contribution is 9.09. The molecule has 4 nitrogen and oxygen atoms in total. The van der Waals surface area contributed by atoms with E-state index >= 15 is 0 Å². The van der Waals surface area contributed by atoms with Crippen molar-refractivity contribution in [2.24, 2.45) is 5.41 Å². The molecule has 1 aromatic rings. The number of halogens is 1. The van der Waals surface area contributed by atoms with Crippen LogP contribution in [0.1, 0.15) is 19.8 Å². The summed E-state index contributed by atoms with van der Waals surface area (Å²) in [4.78, 5) is 11.1. The molecule has 0 aliphatic carbocycles. The van der Waals surface area contributed by atoms with Gasteiger partial charge in [-0.05, 0) is 25.0 Å². The molecule has 0 spiro atoms. The summed E-state index contributed by atoms with van der Waals surface area (Å²) in [5.41, 5.74) is 0.900. The molecule has 5 heteroatoms. The van der Waals surface area contributed by atoms with Crippen molar-refractivity contribution in [2.45, 2.75) is 19.8 Å². The lowest BCUT2D eigenvalue weighted by Gasteiger charge is -2.35. The minimum Gasteiger partial charge on any atom is -0.493 e. The standard InChI is InChI=1S/C15H20BrNO3/c1-12(18)17-13-3-2-4-14(9-13)20-11-15(10-16)5-7-19-8-6-15/h2-4,9H,5-8,10-11H2,1H3,(H,17,18). The van der Waals surface area contributed by atoms with E-state index in [-0.39, 0.29) is 11.3 Å². The number of alkyl halides is 1. The maximum Gasteiger partial charge on any atom is 0.221 e. The second-order valence-electron chi connectivity index (χ2n) is 5.24. The van der Waals surface area contributed by atoms with Gasteiger partial charge >= 0.3 is 0 Å². The van der Waals surface area contributed by atoms with E-state index in [9.17, 15) is 4.79 Å². The molecule has 0 radical (unpaired) electrons. The Hall–Kier alpha value is -1.07. The topological polar surface area (TPSA) is 47.6 Å². The Kier molecular flexibility index (Phi) is 5.43. The van der Waals surface area contributed by atoms with Gasteiger partial charge in [0.15, 0.2) is 0 Å². The van der Waals surface area contributed by atoms with Crippen molar-refractivity contribution in [3.63, 3.8) is 0 Å². The van der Waals surface area contributed by atoms with Gasteiger partial charge in [-0.2, -0.15) is 0 Å². The van der Waals surface area contributed by atoms with E-state index in [1.54, 1.807) is 0 Å². The van der Waals surface area contributed by atoms with E-state index in [0.29, 0.717) is 6.61 Å². The van der Waals surface area contributed by atoms with Crippen molar-refractivity contribution < 1.29 is 14.3 Å². The lowest BCUT2D eigenvalue weighted by Crippen LogP contribution is -2.36. The number of rotatable bonds is 5. The fourth-order valence-electron chi connectivity index (χ4n) is 2.22. The van der Waals surface area contributed by atoms with Crippen molar-refractivity contribution >= 4 is 27.5 Å². The van der Waals surface area contributed by atoms with Gasteiger partial charge in [-0.25, -0.2) is 0 Å². The maximum absolute atomic E-state index is 11.1. The third kappa shape index (κ3) is 4.21. The zero-order chi connectivity index (χ0) is 14.4. The summed E-state index contributed by atoms with van der Waals surface area (Å²) in [7, 11) is 0. The van der Waals surface area contributed by atoms with Gasteiger partial charge in [0, 0.05) is 42.6 Å². The average molecular weight is 342 g/mol. The molecule has 20 heavy (non-hydrogen) atoms. The molecule has 0 bridgehead atoms. The van der Waals surface area contributed by atoms with Crippen molar-refractivity contribution in [1.82, 2.24) is 0 Å². The number of anilines is 1. The summed E-state index contributed by atoms with van der Waals surface area (Å²) in [6.07, 6.45) is 2.01. The smallest absolute Gasteiger partial charge is 0.221 e. The van der Waals surface area contributed by atoms with Gasteiger partial charge in [0.25, 0.3) is 0 Å². The van der Waals surface area contributed by atoms with E-state index in [1.807, 2.05) is 24.3 Å². The molecule has 1 saturated heterocycles. The van der Waals surface area contributed by atoms with Gasteiger partial charge in [0.05, 0.1) is 6.61 Å². The average Bonchev–Trinajstić information content (AvgIpc) is 2.46. The molecule has 0 atom stereocenters. The zero-order valence-corrected chi connectivity index (χ0v) is 13.2. The number of benzene rings is 1. The van der Waals surface area contributed by atoms with Gasteiger partial charge in [0.1, 0.15) is 5.75 Å².